The molecule has 29 heavy (non-hydrogen) atoms. The molecule has 2 aromatic rings. The molecule has 1 aliphatic rings. The number of esters is 1. The van der Waals surface area contributed by atoms with Gasteiger partial charge >= 0.3 is 5.97 Å². The lowest BCUT2D eigenvalue weighted by Crippen LogP contribution is -2.38. The molecule has 0 fully saturated rings. The van der Waals surface area contributed by atoms with Gasteiger partial charge in [-0.25, -0.2) is 9.78 Å². The average molecular weight is 528 g/mol. The highest BCUT2D eigenvalue weighted by Gasteiger charge is 2.20. The van der Waals surface area contributed by atoms with Gasteiger partial charge in [-0.05, 0) is 56.7 Å². The fourth-order valence-corrected chi connectivity index (χ4v) is 4.33. The number of aliphatic imine (C=N–C) groups is 1. The molecule has 1 atom stereocenters. The first-order valence-corrected chi connectivity index (χ1v) is 10.6. The van der Waals surface area contributed by atoms with Crippen molar-refractivity contribution >= 4 is 47.2 Å². The van der Waals surface area contributed by atoms with Gasteiger partial charge in [-0.1, -0.05) is 18.2 Å². The molecule has 0 aliphatic heterocycles. The standard InChI is InChI=1S/C21H28N4O2S.HI/c1-5-27-20(26)18-13(2)24-19(28-18)14(3)25-21(22-4)23-12-15-9-10-16-7-6-8-17(16)11-15;/h9-11,14H,5-8,12H2,1-4H3,(H2,22,23,25);1H. The lowest BCUT2D eigenvalue weighted by Gasteiger charge is -2.16. The van der Waals surface area contributed by atoms with Crippen molar-refractivity contribution in [3.63, 3.8) is 0 Å². The van der Waals surface area contributed by atoms with Gasteiger partial charge in [-0.3, -0.25) is 4.99 Å². The normalized spacial score (nSPS) is 14.0. The van der Waals surface area contributed by atoms with Gasteiger partial charge in [0.05, 0.1) is 18.3 Å². The third kappa shape index (κ3) is 5.91. The number of nitrogens with one attached hydrogen (secondary N) is 2. The number of halogens is 1. The van der Waals surface area contributed by atoms with Gasteiger partial charge in [0.2, 0.25) is 0 Å². The summed E-state index contributed by atoms with van der Waals surface area (Å²) in [6.07, 6.45) is 3.64. The number of benzene rings is 1. The highest BCUT2D eigenvalue weighted by molar-refractivity contribution is 14.0. The number of aryl methyl sites for hydroxylation is 3. The summed E-state index contributed by atoms with van der Waals surface area (Å²) >= 11 is 1.37. The van der Waals surface area contributed by atoms with Gasteiger partial charge in [-0.2, -0.15) is 0 Å². The molecule has 1 aromatic carbocycles. The van der Waals surface area contributed by atoms with E-state index in [2.05, 4.69) is 38.8 Å². The van der Waals surface area contributed by atoms with Crippen LogP contribution in [0.1, 0.15) is 63.4 Å². The van der Waals surface area contributed by atoms with E-state index in [0.29, 0.717) is 29.7 Å². The van der Waals surface area contributed by atoms with Crippen LogP contribution in [-0.4, -0.2) is 30.6 Å². The molecule has 158 valence electrons. The Bertz CT molecular complexity index is 882. The van der Waals surface area contributed by atoms with E-state index in [0.717, 1.165) is 5.01 Å². The quantitative estimate of drug-likeness (QED) is 0.255. The summed E-state index contributed by atoms with van der Waals surface area (Å²) in [7, 11) is 1.75. The molecule has 1 aliphatic carbocycles. The van der Waals surface area contributed by atoms with E-state index in [1.807, 2.05) is 13.8 Å². The summed E-state index contributed by atoms with van der Waals surface area (Å²) in [6.45, 7) is 6.72. The number of thiazole rings is 1. The van der Waals surface area contributed by atoms with Crippen molar-refractivity contribution in [3.05, 3.63) is 50.5 Å². The first kappa shape index (κ1) is 23.6. The van der Waals surface area contributed by atoms with Crippen LogP contribution in [0.5, 0.6) is 0 Å². The second-order valence-corrected chi connectivity index (χ2v) is 7.97. The number of nitrogens with zero attached hydrogens (tertiary/aromatic N) is 2. The van der Waals surface area contributed by atoms with Crippen molar-refractivity contribution in [2.45, 2.75) is 52.6 Å². The summed E-state index contributed by atoms with van der Waals surface area (Å²) in [6, 6.07) is 6.65. The Kier molecular flexibility index (Phi) is 8.88. The molecular formula is C21H29IN4O2S. The van der Waals surface area contributed by atoms with E-state index < -0.39 is 0 Å². The second kappa shape index (κ2) is 10.9. The smallest absolute Gasteiger partial charge is 0.350 e. The Morgan fingerprint density at radius 1 is 1.34 bits per heavy atom. The van der Waals surface area contributed by atoms with Gasteiger partial charge in [0, 0.05) is 13.6 Å². The van der Waals surface area contributed by atoms with Crippen molar-refractivity contribution in [2.75, 3.05) is 13.7 Å². The number of carbonyl (C=O) groups is 1. The minimum Gasteiger partial charge on any atom is -0.462 e. The van der Waals surface area contributed by atoms with Crippen LogP contribution in [0.15, 0.2) is 23.2 Å². The zero-order valence-corrected chi connectivity index (χ0v) is 20.5. The topological polar surface area (TPSA) is 75.6 Å². The van der Waals surface area contributed by atoms with Crippen molar-refractivity contribution < 1.29 is 9.53 Å². The predicted molar refractivity (Wildman–Crippen MR) is 128 cm³/mol. The highest BCUT2D eigenvalue weighted by Crippen LogP contribution is 2.25. The summed E-state index contributed by atoms with van der Waals surface area (Å²) in [5.74, 6) is 0.397. The summed E-state index contributed by atoms with van der Waals surface area (Å²) in [5.41, 5.74) is 4.91. The molecule has 8 heteroatoms. The average Bonchev–Trinajstić information content (AvgIpc) is 3.31. The summed E-state index contributed by atoms with van der Waals surface area (Å²) in [4.78, 5) is 21.4. The predicted octanol–water partition coefficient (Wildman–Crippen LogP) is 4.16. The molecule has 0 bridgehead atoms. The van der Waals surface area contributed by atoms with Gasteiger partial charge in [0.15, 0.2) is 5.96 Å². The van der Waals surface area contributed by atoms with Crippen LogP contribution in [0.25, 0.3) is 0 Å². The first-order valence-electron chi connectivity index (χ1n) is 9.74. The van der Waals surface area contributed by atoms with E-state index in [9.17, 15) is 4.79 Å². The molecule has 1 aromatic heterocycles. The van der Waals surface area contributed by atoms with Crippen LogP contribution in [0.2, 0.25) is 0 Å². The number of aromatic nitrogens is 1. The van der Waals surface area contributed by atoms with Crippen LogP contribution in [0.3, 0.4) is 0 Å². The fourth-order valence-electron chi connectivity index (χ4n) is 3.37. The third-order valence-electron chi connectivity index (χ3n) is 4.84. The van der Waals surface area contributed by atoms with Crippen LogP contribution < -0.4 is 10.6 Å². The fraction of sp³-hybridized carbons (Fsp3) is 0.476. The number of guanidine groups is 1. The molecule has 3 rings (SSSR count). The molecule has 0 saturated heterocycles. The Morgan fingerprint density at radius 2 is 2.10 bits per heavy atom. The zero-order valence-electron chi connectivity index (χ0n) is 17.4. The number of carbonyl (C=O) groups excluding carboxylic acids is 1. The maximum absolute atomic E-state index is 12.0. The van der Waals surface area contributed by atoms with Crippen LogP contribution >= 0.6 is 35.3 Å². The molecule has 1 unspecified atom stereocenters. The lowest BCUT2D eigenvalue weighted by molar-refractivity contribution is 0.0531. The Hall–Kier alpha value is -1.68. The Labute approximate surface area is 193 Å². The minimum absolute atomic E-state index is 0. The summed E-state index contributed by atoms with van der Waals surface area (Å²) < 4.78 is 5.10. The number of fused-ring (bicyclic) bond motifs is 1. The van der Waals surface area contributed by atoms with Gasteiger partial charge < -0.3 is 15.4 Å². The molecular weight excluding hydrogens is 499 g/mol. The Morgan fingerprint density at radius 3 is 2.83 bits per heavy atom. The number of hydrogen-bond acceptors (Lipinski definition) is 5. The molecule has 6 nitrogen and oxygen atoms in total. The van der Waals surface area contributed by atoms with Gasteiger partial charge in [-0.15, -0.1) is 35.3 Å². The van der Waals surface area contributed by atoms with Crippen LogP contribution in [0, 0.1) is 6.92 Å². The molecule has 0 amide bonds. The summed E-state index contributed by atoms with van der Waals surface area (Å²) in [5, 5.41) is 7.55. The maximum Gasteiger partial charge on any atom is 0.350 e. The van der Waals surface area contributed by atoms with Gasteiger partial charge in [0.25, 0.3) is 0 Å². The van der Waals surface area contributed by atoms with Gasteiger partial charge in [0.1, 0.15) is 9.88 Å². The van der Waals surface area contributed by atoms with Crippen LogP contribution in [-0.2, 0) is 24.1 Å². The monoisotopic (exact) mass is 528 g/mol. The second-order valence-electron chi connectivity index (χ2n) is 6.94. The first-order chi connectivity index (χ1) is 13.5. The SMILES string of the molecule is CCOC(=O)c1sc(C(C)NC(=NC)NCc2ccc3c(c2)CCC3)nc1C.I. The number of rotatable bonds is 6. The van der Waals surface area contributed by atoms with Crippen molar-refractivity contribution in [3.8, 4) is 0 Å². The van der Waals surface area contributed by atoms with E-state index >= 15 is 0 Å². The largest absolute Gasteiger partial charge is 0.462 e. The maximum atomic E-state index is 12.0. The Balaban J connectivity index is 0.00000300. The van der Waals surface area contributed by atoms with Crippen molar-refractivity contribution in [1.82, 2.24) is 15.6 Å². The van der Waals surface area contributed by atoms with Crippen molar-refractivity contribution in [2.24, 2.45) is 4.99 Å². The third-order valence-corrected chi connectivity index (χ3v) is 6.16. The zero-order chi connectivity index (χ0) is 20.1. The number of ether oxygens (including phenoxy) is 1. The molecule has 0 radical (unpaired) electrons. The molecule has 1 heterocycles. The van der Waals surface area contributed by atoms with E-state index in [1.54, 1.807) is 14.0 Å². The number of hydrogen-bond donors (Lipinski definition) is 2. The minimum atomic E-state index is -0.310. The van der Waals surface area contributed by atoms with Crippen LogP contribution in [0.4, 0.5) is 0 Å². The highest BCUT2D eigenvalue weighted by atomic mass is 127. The molecule has 0 saturated carbocycles. The lowest BCUT2D eigenvalue weighted by atomic mass is 10.1. The molecule has 0 spiro atoms. The van der Waals surface area contributed by atoms with E-state index in [1.165, 1.54) is 47.3 Å². The van der Waals surface area contributed by atoms with E-state index in [-0.39, 0.29) is 36.0 Å². The van der Waals surface area contributed by atoms with Crippen molar-refractivity contribution in [1.29, 1.82) is 0 Å². The molecule has 2 N–H and O–H groups in total. The van der Waals surface area contributed by atoms with E-state index in [4.69, 9.17) is 4.74 Å².